The molecule has 2 rings (SSSR count). The van der Waals surface area contributed by atoms with Crippen molar-refractivity contribution in [1.29, 1.82) is 0 Å². The summed E-state index contributed by atoms with van der Waals surface area (Å²) in [5.74, 6) is -1.21. The van der Waals surface area contributed by atoms with Gasteiger partial charge in [-0.1, -0.05) is 38.1 Å². The Labute approximate surface area is 164 Å². The van der Waals surface area contributed by atoms with Crippen LogP contribution in [0.5, 0.6) is 0 Å². The maximum absolute atomic E-state index is 12.2. The summed E-state index contributed by atoms with van der Waals surface area (Å²) in [6, 6.07) is 12.1. The lowest BCUT2D eigenvalue weighted by Crippen LogP contribution is -2.12. The number of nitrogens with one attached hydrogen (secondary N) is 1. The summed E-state index contributed by atoms with van der Waals surface area (Å²) >= 11 is 0. The van der Waals surface area contributed by atoms with Gasteiger partial charge in [0, 0.05) is 11.8 Å². The van der Waals surface area contributed by atoms with E-state index in [1.807, 2.05) is 24.3 Å². The Morgan fingerprint density at radius 3 is 1.89 bits per heavy atom. The number of esters is 2. The van der Waals surface area contributed by atoms with Crippen molar-refractivity contribution in [3.05, 3.63) is 70.8 Å². The van der Waals surface area contributed by atoms with Crippen LogP contribution in [0.15, 0.2) is 48.5 Å². The highest BCUT2D eigenvalue weighted by atomic mass is 16.5. The molecule has 0 unspecified atom stereocenters. The van der Waals surface area contributed by atoms with Crippen molar-refractivity contribution in [2.75, 3.05) is 19.5 Å². The number of methoxy groups -OCH3 is 2. The van der Waals surface area contributed by atoms with Gasteiger partial charge in [-0.2, -0.15) is 0 Å². The van der Waals surface area contributed by atoms with E-state index in [9.17, 15) is 14.4 Å². The average Bonchev–Trinajstić information content (AvgIpc) is 2.70. The van der Waals surface area contributed by atoms with E-state index in [4.69, 9.17) is 0 Å². The third-order valence-corrected chi connectivity index (χ3v) is 4.07. The van der Waals surface area contributed by atoms with Crippen molar-refractivity contribution in [2.45, 2.75) is 19.8 Å². The molecule has 0 fully saturated rings. The summed E-state index contributed by atoms with van der Waals surface area (Å²) < 4.78 is 9.36. The van der Waals surface area contributed by atoms with Crippen LogP contribution in [0.3, 0.4) is 0 Å². The second-order valence-corrected chi connectivity index (χ2v) is 6.43. The van der Waals surface area contributed by atoms with Gasteiger partial charge >= 0.3 is 11.9 Å². The van der Waals surface area contributed by atoms with Crippen molar-refractivity contribution >= 4 is 29.6 Å². The van der Waals surface area contributed by atoms with Crippen LogP contribution in [-0.2, 0) is 14.3 Å². The summed E-state index contributed by atoms with van der Waals surface area (Å²) in [6.45, 7) is 4.23. The quantitative estimate of drug-likeness (QED) is 0.603. The molecule has 6 heteroatoms. The second-order valence-electron chi connectivity index (χ2n) is 6.43. The third kappa shape index (κ3) is 5.54. The van der Waals surface area contributed by atoms with E-state index in [2.05, 4.69) is 28.6 Å². The molecular weight excluding hydrogens is 358 g/mol. The maximum Gasteiger partial charge on any atom is 0.337 e. The number of anilines is 1. The summed E-state index contributed by atoms with van der Waals surface area (Å²) in [5.41, 5.74) is 2.66. The van der Waals surface area contributed by atoms with Crippen LogP contribution in [0.1, 0.15) is 51.6 Å². The van der Waals surface area contributed by atoms with E-state index in [1.165, 1.54) is 44.1 Å². The molecule has 0 heterocycles. The van der Waals surface area contributed by atoms with Gasteiger partial charge in [-0.3, -0.25) is 4.79 Å². The van der Waals surface area contributed by atoms with E-state index in [0.717, 1.165) is 5.56 Å². The predicted molar refractivity (Wildman–Crippen MR) is 107 cm³/mol. The number of hydrogen-bond acceptors (Lipinski definition) is 5. The first-order chi connectivity index (χ1) is 13.3. The van der Waals surface area contributed by atoms with Crippen molar-refractivity contribution < 1.29 is 23.9 Å². The van der Waals surface area contributed by atoms with E-state index in [1.54, 1.807) is 6.08 Å². The summed E-state index contributed by atoms with van der Waals surface area (Å²) in [7, 11) is 2.47. The van der Waals surface area contributed by atoms with Crippen molar-refractivity contribution in [3.8, 4) is 0 Å². The molecule has 0 atom stereocenters. The van der Waals surface area contributed by atoms with Crippen molar-refractivity contribution in [2.24, 2.45) is 0 Å². The highest BCUT2D eigenvalue weighted by Gasteiger charge is 2.14. The lowest BCUT2D eigenvalue weighted by atomic mass is 10.0. The lowest BCUT2D eigenvalue weighted by Gasteiger charge is -2.08. The molecular formula is C22H23NO5. The average molecular weight is 381 g/mol. The van der Waals surface area contributed by atoms with E-state index >= 15 is 0 Å². The van der Waals surface area contributed by atoms with Crippen molar-refractivity contribution in [1.82, 2.24) is 0 Å². The Kier molecular flexibility index (Phi) is 7.09. The molecule has 0 aliphatic rings. The van der Waals surface area contributed by atoms with Gasteiger partial charge in [0.25, 0.3) is 0 Å². The van der Waals surface area contributed by atoms with Gasteiger partial charge in [0.05, 0.1) is 25.3 Å². The van der Waals surface area contributed by atoms with Crippen LogP contribution < -0.4 is 5.32 Å². The number of benzene rings is 2. The molecule has 28 heavy (non-hydrogen) atoms. The fourth-order valence-corrected chi connectivity index (χ4v) is 2.52. The fourth-order valence-electron chi connectivity index (χ4n) is 2.52. The third-order valence-electron chi connectivity index (χ3n) is 4.07. The molecule has 2 aromatic carbocycles. The molecule has 0 aliphatic carbocycles. The van der Waals surface area contributed by atoms with Gasteiger partial charge in [0.15, 0.2) is 0 Å². The van der Waals surface area contributed by atoms with Gasteiger partial charge in [-0.05, 0) is 41.3 Å². The zero-order chi connectivity index (χ0) is 20.7. The Morgan fingerprint density at radius 2 is 1.43 bits per heavy atom. The summed E-state index contributed by atoms with van der Waals surface area (Å²) in [5, 5.41) is 2.64. The van der Waals surface area contributed by atoms with E-state index in [0.29, 0.717) is 5.92 Å². The molecule has 146 valence electrons. The predicted octanol–water partition coefficient (Wildman–Crippen LogP) is 4.04. The Hall–Kier alpha value is -3.41. The van der Waals surface area contributed by atoms with Crippen LogP contribution in [0.2, 0.25) is 0 Å². The van der Waals surface area contributed by atoms with Crippen LogP contribution >= 0.6 is 0 Å². The molecule has 6 nitrogen and oxygen atoms in total. The monoisotopic (exact) mass is 381 g/mol. The number of rotatable bonds is 6. The highest BCUT2D eigenvalue weighted by molar-refractivity contribution is 6.04. The molecule has 0 saturated carbocycles. The van der Waals surface area contributed by atoms with Gasteiger partial charge in [-0.15, -0.1) is 0 Å². The first-order valence-corrected chi connectivity index (χ1v) is 8.74. The Balaban J connectivity index is 2.17. The minimum absolute atomic E-state index is 0.133. The number of hydrogen-bond donors (Lipinski definition) is 1. The molecule has 1 amide bonds. The van der Waals surface area contributed by atoms with Gasteiger partial charge in [-0.25, -0.2) is 9.59 Å². The maximum atomic E-state index is 12.2. The molecule has 0 spiro atoms. The highest BCUT2D eigenvalue weighted by Crippen LogP contribution is 2.18. The number of amides is 1. The Morgan fingerprint density at radius 1 is 0.893 bits per heavy atom. The molecule has 0 radical (unpaired) electrons. The van der Waals surface area contributed by atoms with Crippen LogP contribution in [-0.4, -0.2) is 32.1 Å². The minimum atomic E-state index is -0.623. The number of ether oxygens (including phenoxy) is 2. The lowest BCUT2D eigenvalue weighted by molar-refractivity contribution is -0.111. The molecule has 0 aliphatic heterocycles. The van der Waals surface area contributed by atoms with Crippen LogP contribution in [0, 0.1) is 0 Å². The zero-order valence-electron chi connectivity index (χ0n) is 16.3. The molecule has 0 aromatic heterocycles. The summed E-state index contributed by atoms with van der Waals surface area (Å²) in [4.78, 5) is 35.8. The number of carbonyl (C=O) groups excluding carboxylic acids is 3. The van der Waals surface area contributed by atoms with Gasteiger partial charge in [0.1, 0.15) is 0 Å². The molecule has 1 N–H and O–H groups in total. The van der Waals surface area contributed by atoms with E-state index < -0.39 is 17.8 Å². The standard InChI is InChI=1S/C22H23NO5/c1-14(2)16-8-5-15(6-9-16)7-10-20(24)23-19-12-17(21(25)27-3)11-18(13-19)22(26)28-4/h5-14H,1-4H3,(H,23,24)/b10-7+. The molecule has 0 saturated heterocycles. The first-order valence-electron chi connectivity index (χ1n) is 8.74. The van der Waals surface area contributed by atoms with Crippen LogP contribution in [0.4, 0.5) is 5.69 Å². The van der Waals surface area contributed by atoms with Crippen molar-refractivity contribution in [3.63, 3.8) is 0 Å². The summed E-state index contributed by atoms with van der Waals surface area (Å²) in [6.07, 6.45) is 3.07. The zero-order valence-corrected chi connectivity index (χ0v) is 16.3. The smallest absolute Gasteiger partial charge is 0.337 e. The van der Waals surface area contributed by atoms with Gasteiger partial charge in [0.2, 0.25) is 5.91 Å². The second kappa shape index (κ2) is 9.50. The number of carbonyl (C=O) groups is 3. The first kappa shape index (κ1) is 20.9. The fraction of sp³-hybridized carbons (Fsp3) is 0.227. The Bertz CT molecular complexity index is 863. The van der Waals surface area contributed by atoms with Gasteiger partial charge < -0.3 is 14.8 Å². The largest absolute Gasteiger partial charge is 0.465 e. The van der Waals surface area contributed by atoms with Crippen LogP contribution in [0.25, 0.3) is 6.08 Å². The molecule has 0 bridgehead atoms. The SMILES string of the molecule is COC(=O)c1cc(NC(=O)/C=C/c2ccc(C(C)C)cc2)cc(C(=O)OC)c1. The topological polar surface area (TPSA) is 81.7 Å². The molecule has 2 aromatic rings. The minimum Gasteiger partial charge on any atom is -0.465 e. The normalized spacial score (nSPS) is 10.8. The van der Waals surface area contributed by atoms with E-state index in [-0.39, 0.29) is 16.8 Å².